The molecule has 0 saturated heterocycles. The van der Waals surface area contributed by atoms with Crippen molar-refractivity contribution in [1.29, 1.82) is 0 Å². The number of nitrogens with one attached hydrogen (secondary N) is 1. The Bertz CT molecular complexity index is 562. The van der Waals surface area contributed by atoms with Gasteiger partial charge in [0, 0.05) is 19.7 Å². The highest BCUT2D eigenvalue weighted by Gasteiger charge is 2.10. The third-order valence-electron chi connectivity index (χ3n) is 2.74. The predicted molar refractivity (Wildman–Crippen MR) is 74.9 cm³/mol. The van der Waals surface area contributed by atoms with E-state index in [1.165, 1.54) is 4.90 Å². The molecule has 0 unspecified atom stereocenters. The van der Waals surface area contributed by atoms with Gasteiger partial charge in [0.25, 0.3) is 5.91 Å². The van der Waals surface area contributed by atoms with E-state index in [0.29, 0.717) is 17.8 Å². The highest BCUT2D eigenvalue weighted by molar-refractivity contribution is 5.95. The summed E-state index contributed by atoms with van der Waals surface area (Å²) in [7, 11) is 3.42. The van der Waals surface area contributed by atoms with E-state index in [1.807, 2.05) is 12.1 Å². The van der Waals surface area contributed by atoms with Gasteiger partial charge in [0.15, 0.2) is 0 Å². The number of nitrogens with zero attached hydrogens (tertiary/aromatic N) is 1. The second-order valence-electron chi connectivity index (χ2n) is 4.43. The number of carbonyl (C=O) groups is 1. The molecule has 0 radical (unpaired) electrons. The lowest BCUT2D eigenvalue weighted by Crippen LogP contribution is -2.21. The molecule has 0 spiro atoms. The Morgan fingerprint density at radius 1 is 1.37 bits per heavy atom. The standard InChI is InChI=1S/C14H17N3O2/c1-17(2)14(18)10-5-6-13(12(15)8-10)16-9-11-4-3-7-19-11/h3-8,16H,9,15H2,1-2H3. The molecule has 0 atom stereocenters. The fourth-order valence-electron chi connectivity index (χ4n) is 1.71. The van der Waals surface area contributed by atoms with Crippen LogP contribution in [-0.4, -0.2) is 24.9 Å². The summed E-state index contributed by atoms with van der Waals surface area (Å²) < 4.78 is 5.22. The van der Waals surface area contributed by atoms with Gasteiger partial charge in [-0.2, -0.15) is 0 Å². The number of hydrogen-bond donors (Lipinski definition) is 2. The number of benzene rings is 1. The minimum absolute atomic E-state index is 0.0655. The van der Waals surface area contributed by atoms with Crippen LogP contribution < -0.4 is 11.1 Å². The second kappa shape index (κ2) is 5.48. The van der Waals surface area contributed by atoms with Crippen molar-refractivity contribution < 1.29 is 9.21 Å². The summed E-state index contributed by atoms with van der Waals surface area (Å²) in [5, 5.41) is 3.17. The summed E-state index contributed by atoms with van der Waals surface area (Å²) in [6, 6.07) is 8.94. The van der Waals surface area contributed by atoms with Gasteiger partial charge in [-0.25, -0.2) is 0 Å². The van der Waals surface area contributed by atoms with E-state index >= 15 is 0 Å². The fraction of sp³-hybridized carbons (Fsp3) is 0.214. The Morgan fingerprint density at radius 2 is 2.16 bits per heavy atom. The molecular weight excluding hydrogens is 242 g/mol. The van der Waals surface area contributed by atoms with Gasteiger partial charge in [-0.3, -0.25) is 4.79 Å². The highest BCUT2D eigenvalue weighted by Crippen LogP contribution is 2.21. The topological polar surface area (TPSA) is 71.5 Å². The Hall–Kier alpha value is -2.43. The van der Waals surface area contributed by atoms with Crippen molar-refractivity contribution >= 4 is 17.3 Å². The van der Waals surface area contributed by atoms with Crippen molar-refractivity contribution in [3.05, 3.63) is 47.9 Å². The zero-order valence-electron chi connectivity index (χ0n) is 11.0. The molecule has 100 valence electrons. The minimum Gasteiger partial charge on any atom is -0.467 e. The van der Waals surface area contributed by atoms with Crippen LogP contribution in [0.2, 0.25) is 0 Å². The molecule has 3 N–H and O–H groups in total. The summed E-state index contributed by atoms with van der Waals surface area (Å²) in [4.78, 5) is 13.3. The smallest absolute Gasteiger partial charge is 0.253 e. The van der Waals surface area contributed by atoms with E-state index in [1.54, 1.807) is 38.6 Å². The monoisotopic (exact) mass is 259 g/mol. The zero-order chi connectivity index (χ0) is 13.8. The third-order valence-corrected chi connectivity index (χ3v) is 2.74. The molecule has 0 aliphatic heterocycles. The molecule has 0 aliphatic rings. The van der Waals surface area contributed by atoms with E-state index in [2.05, 4.69) is 5.32 Å². The van der Waals surface area contributed by atoms with Crippen molar-refractivity contribution in [1.82, 2.24) is 4.90 Å². The zero-order valence-corrected chi connectivity index (χ0v) is 11.0. The molecule has 1 heterocycles. The van der Waals surface area contributed by atoms with Crippen LogP contribution in [0.1, 0.15) is 16.1 Å². The quantitative estimate of drug-likeness (QED) is 0.825. The van der Waals surface area contributed by atoms with E-state index in [4.69, 9.17) is 10.2 Å². The number of nitrogen functional groups attached to an aromatic ring is 1. The van der Waals surface area contributed by atoms with E-state index in [9.17, 15) is 4.79 Å². The first-order chi connectivity index (χ1) is 9.08. The maximum absolute atomic E-state index is 11.8. The summed E-state index contributed by atoms with van der Waals surface area (Å²) in [6.07, 6.45) is 1.62. The van der Waals surface area contributed by atoms with Crippen LogP contribution in [-0.2, 0) is 6.54 Å². The molecular formula is C14H17N3O2. The molecule has 2 rings (SSSR count). The van der Waals surface area contributed by atoms with Gasteiger partial charge in [-0.05, 0) is 30.3 Å². The van der Waals surface area contributed by atoms with Crippen molar-refractivity contribution in [2.75, 3.05) is 25.1 Å². The lowest BCUT2D eigenvalue weighted by atomic mass is 10.1. The maximum Gasteiger partial charge on any atom is 0.253 e. The Kier molecular flexibility index (Phi) is 3.75. The fourth-order valence-corrected chi connectivity index (χ4v) is 1.71. The SMILES string of the molecule is CN(C)C(=O)c1ccc(NCc2ccco2)c(N)c1. The summed E-state index contributed by atoms with van der Waals surface area (Å²) in [5.74, 6) is 0.761. The molecule has 1 aromatic heterocycles. The lowest BCUT2D eigenvalue weighted by molar-refractivity contribution is 0.0827. The molecule has 1 aromatic carbocycles. The van der Waals surface area contributed by atoms with Crippen LogP contribution in [0.3, 0.4) is 0 Å². The first-order valence-corrected chi connectivity index (χ1v) is 5.95. The average molecular weight is 259 g/mol. The lowest BCUT2D eigenvalue weighted by Gasteiger charge is -2.13. The Morgan fingerprint density at radius 3 is 2.74 bits per heavy atom. The molecule has 0 saturated carbocycles. The van der Waals surface area contributed by atoms with Crippen LogP contribution in [0, 0.1) is 0 Å². The molecule has 0 bridgehead atoms. The van der Waals surface area contributed by atoms with Crippen LogP contribution in [0.15, 0.2) is 41.0 Å². The number of rotatable bonds is 4. The van der Waals surface area contributed by atoms with Gasteiger partial charge < -0.3 is 20.4 Å². The molecule has 1 amide bonds. The number of hydrogen-bond acceptors (Lipinski definition) is 4. The van der Waals surface area contributed by atoms with E-state index in [-0.39, 0.29) is 5.91 Å². The Labute approximate surface area is 112 Å². The maximum atomic E-state index is 11.8. The van der Waals surface area contributed by atoms with Crippen molar-refractivity contribution in [3.63, 3.8) is 0 Å². The molecule has 5 nitrogen and oxygen atoms in total. The second-order valence-corrected chi connectivity index (χ2v) is 4.43. The number of anilines is 2. The number of amides is 1. The summed E-state index contributed by atoms with van der Waals surface area (Å²) in [5.41, 5.74) is 7.83. The first kappa shape index (κ1) is 13.0. The van der Waals surface area contributed by atoms with Crippen LogP contribution >= 0.6 is 0 Å². The summed E-state index contributed by atoms with van der Waals surface area (Å²) in [6.45, 7) is 0.554. The van der Waals surface area contributed by atoms with Gasteiger partial charge in [0.2, 0.25) is 0 Å². The highest BCUT2D eigenvalue weighted by atomic mass is 16.3. The largest absolute Gasteiger partial charge is 0.467 e. The van der Waals surface area contributed by atoms with Gasteiger partial charge in [0.05, 0.1) is 24.2 Å². The normalized spacial score (nSPS) is 10.2. The summed E-state index contributed by atoms with van der Waals surface area (Å²) >= 11 is 0. The van der Waals surface area contributed by atoms with Crippen molar-refractivity contribution in [2.24, 2.45) is 0 Å². The molecule has 19 heavy (non-hydrogen) atoms. The van der Waals surface area contributed by atoms with Crippen LogP contribution in [0.25, 0.3) is 0 Å². The van der Waals surface area contributed by atoms with Crippen molar-refractivity contribution in [3.8, 4) is 0 Å². The number of furan rings is 1. The van der Waals surface area contributed by atoms with Crippen LogP contribution in [0.4, 0.5) is 11.4 Å². The molecule has 5 heteroatoms. The Balaban J connectivity index is 2.09. The first-order valence-electron chi connectivity index (χ1n) is 5.95. The van der Waals surface area contributed by atoms with Crippen molar-refractivity contribution in [2.45, 2.75) is 6.54 Å². The van der Waals surface area contributed by atoms with Gasteiger partial charge in [0.1, 0.15) is 5.76 Å². The number of carbonyl (C=O) groups excluding carboxylic acids is 1. The van der Waals surface area contributed by atoms with Crippen LogP contribution in [0.5, 0.6) is 0 Å². The number of nitrogens with two attached hydrogens (primary N) is 1. The molecule has 0 aliphatic carbocycles. The minimum atomic E-state index is -0.0655. The van der Waals surface area contributed by atoms with Gasteiger partial charge in [-0.15, -0.1) is 0 Å². The van der Waals surface area contributed by atoms with Gasteiger partial charge in [-0.1, -0.05) is 0 Å². The molecule has 2 aromatic rings. The average Bonchev–Trinajstić information content (AvgIpc) is 2.89. The molecule has 0 fully saturated rings. The third kappa shape index (κ3) is 3.07. The van der Waals surface area contributed by atoms with Gasteiger partial charge >= 0.3 is 0 Å². The van der Waals surface area contributed by atoms with E-state index < -0.39 is 0 Å². The predicted octanol–water partition coefficient (Wildman–Crippen LogP) is 2.18. The van der Waals surface area contributed by atoms with E-state index in [0.717, 1.165) is 11.4 Å².